The number of rotatable bonds is 4. The average Bonchev–Trinajstić information content (AvgIpc) is 2.15. The van der Waals surface area contributed by atoms with E-state index in [0.717, 1.165) is 0 Å². The van der Waals surface area contributed by atoms with Crippen LogP contribution >= 0.6 is 11.6 Å². The minimum Gasteiger partial charge on any atom is -0.487 e. The van der Waals surface area contributed by atoms with E-state index in [1.807, 2.05) is 0 Å². The summed E-state index contributed by atoms with van der Waals surface area (Å²) in [6, 6.07) is 4.21. The van der Waals surface area contributed by atoms with Gasteiger partial charge in [0.25, 0.3) is 6.43 Å². The number of ether oxygens (including phenoxy) is 1. The summed E-state index contributed by atoms with van der Waals surface area (Å²) in [5.41, 5.74) is 0.165. The van der Waals surface area contributed by atoms with Crippen LogP contribution in [-0.2, 0) is 0 Å². The van der Waals surface area contributed by atoms with Gasteiger partial charge in [0.1, 0.15) is 12.4 Å². The summed E-state index contributed by atoms with van der Waals surface area (Å²) in [5.74, 6) is 0.115. The fourth-order valence-corrected chi connectivity index (χ4v) is 1.08. The Bertz CT molecular complexity index is 329. The van der Waals surface area contributed by atoms with Crippen LogP contribution in [0.15, 0.2) is 18.2 Å². The molecule has 0 radical (unpaired) electrons. The Kier molecular flexibility index (Phi) is 3.83. The second kappa shape index (κ2) is 4.91. The fraction of sp³-hybridized carbons (Fsp3) is 0.222. The zero-order valence-electron chi connectivity index (χ0n) is 7.04. The minimum absolute atomic E-state index is 0.115. The molecule has 0 aromatic heterocycles. The Morgan fingerprint density at radius 3 is 2.79 bits per heavy atom. The van der Waals surface area contributed by atoms with Crippen molar-refractivity contribution in [1.82, 2.24) is 0 Å². The summed E-state index contributed by atoms with van der Waals surface area (Å²) >= 11 is 5.60. The second-order valence-electron chi connectivity index (χ2n) is 2.50. The van der Waals surface area contributed by atoms with Crippen LogP contribution in [0.2, 0.25) is 5.02 Å². The number of hydrogen-bond acceptors (Lipinski definition) is 2. The predicted molar refractivity (Wildman–Crippen MR) is 48.3 cm³/mol. The summed E-state index contributed by atoms with van der Waals surface area (Å²) in [6.45, 7) is -0.734. The van der Waals surface area contributed by atoms with E-state index in [4.69, 9.17) is 16.3 Å². The molecule has 1 rings (SSSR count). The van der Waals surface area contributed by atoms with E-state index in [9.17, 15) is 13.6 Å². The Morgan fingerprint density at radius 1 is 1.50 bits per heavy atom. The summed E-state index contributed by atoms with van der Waals surface area (Å²) in [7, 11) is 0. The molecule has 1 aromatic rings. The number of benzene rings is 1. The van der Waals surface area contributed by atoms with Gasteiger partial charge in [0.15, 0.2) is 6.29 Å². The molecule has 0 bridgehead atoms. The Labute approximate surface area is 84.4 Å². The Balaban J connectivity index is 2.80. The highest BCUT2D eigenvalue weighted by molar-refractivity contribution is 6.30. The molecule has 0 N–H and O–H groups in total. The smallest absolute Gasteiger partial charge is 0.272 e. The van der Waals surface area contributed by atoms with Crippen molar-refractivity contribution in [2.24, 2.45) is 0 Å². The van der Waals surface area contributed by atoms with Gasteiger partial charge in [-0.1, -0.05) is 11.6 Å². The van der Waals surface area contributed by atoms with Gasteiger partial charge in [0.2, 0.25) is 0 Å². The maximum atomic E-state index is 11.8. The number of halogens is 3. The Hall–Kier alpha value is -1.16. The highest BCUT2D eigenvalue weighted by Gasteiger charge is 2.07. The normalized spacial score (nSPS) is 10.3. The van der Waals surface area contributed by atoms with Crippen molar-refractivity contribution in [3.05, 3.63) is 28.8 Å². The monoisotopic (exact) mass is 220 g/mol. The van der Waals surface area contributed by atoms with Gasteiger partial charge in [-0.15, -0.1) is 0 Å². The first kappa shape index (κ1) is 10.9. The van der Waals surface area contributed by atoms with Crippen LogP contribution in [0.3, 0.4) is 0 Å². The summed E-state index contributed by atoms with van der Waals surface area (Å²) < 4.78 is 28.3. The molecule has 0 amide bonds. The molecular formula is C9H7ClF2O2. The molecule has 1 aromatic carbocycles. The maximum Gasteiger partial charge on any atom is 0.272 e. The second-order valence-corrected chi connectivity index (χ2v) is 2.94. The average molecular weight is 221 g/mol. The topological polar surface area (TPSA) is 26.3 Å². The quantitative estimate of drug-likeness (QED) is 0.730. The van der Waals surface area contributed by atoms with E-state index in [2.05, 4.69) is 0 Å². The number of carbonyl (C=O) groups excluding carboxylic acids is 1. The van der Waals surface area contributed by atoms with Crippen LogP contribution < -0.4 is 4.74 Å². The van der Waals surface area contributed by atoms with Gasteiger partial charge < -0.3 is 4.74 Å². The van der Waals surface area contributed by atoms with E-state index in [0.29, 0.717) is 11.3 Å². The molecule has 76 valence electrons. The first-order valence-electron chi connectivity index (χ1n) is 3.79. The molecular weight excluding hydrogens is 214 g/mol. The third-order valence-corrected chi connectivity index (χ3v) is 1.70. The SMILES string of the molecule is O=Cc1cc(Cl)ccc1OCC(F)F. The van der Waals surface area contributed by atoms with Crippen molar-refractivity contribution in [2.45, 2.75) is 6.43 Å². The van der Waals surface area contributed by atoms with Crippen molar-refractivity contribution >= 4 is 17.9 Å². The van der Waals surface area contributed by atoms with E-state index < -0.39 is 13.0 Å². The molecule has 14 heavy (non-hydrogen) atoms. The molecule has 0 spiro atoms. The van der Waals surface area contributed by atoms with Gasteiger partial charge in [-0.25, -0.2) is 8.78 Å². The van der Waals surface area contributed by atoms with Crippen molar-refractivity contribution in [3.8, 4) is 5.75 Å². The predicted octanol–water partition coefficient (Wildman–Crippen LogP) is 2.80. The van der Waals surface area contributed by atoms with Crippen LogP contribution in [-0.4, -0.2) is 19.3 Å². The number of alkyl halides is 2. The third kappa shape index (κ3) is 2.96. The summed E-state index contributed by atoms with van der Waals surface area (Å²) in [5, 5.41) is 0.358. The zero-order chi connectivity index (χ0) is 10.6. The molecule has 0 aliphatic carbocycles. The fourth-order valence-electron chi connectivity index (χ4n) is 0.896. The number of hydrogen-bond donors (Lipinski definition) is 0. The molecule has 5 heteroatoms. The first-order valence-corrected chi connectivity index (χ1v) is 4.17. The number of carbonyl (C=O) groups is 1. The molecule has 0 saturated heterocycles. The molecule has 0 aliphatic heterocycles. The van der Waals surface area contributed by atoms with Gasteiger partial charge in [0.05, 0.1) is 5.56 Å². The van der Waals surface area contributed by atoms with Gasteiger partial charge >= 0.3 is 0 Å². The summed E-state index contributed by atoms with van der Waals surface area (Å²) in [4.78, 5) is 10.5. The van der Waals surface area contributed by atoms with Crippen molar-refractivity contribution < 1.29 is 18.3 Å². The van der Waals surface area contributed by atoms with E-state index in [1.165, 1.54) is 18.2 Å². The molecule has 0 atom stereocenters. The highest BCUT2D eigenvalue weighted by Crippen LogP contribution is 2.21. The lowest BCUT2D eigenvalue weighted by Crippen LogP contribution is -2.08. The molecule has 0 saturated carbocycles. The largest absolute Gasteiger partial charge is 0.487 e. The lowest BCUT2D eigenvalue weighted by atomic mass is 10.2. The van der Waals surface area contributed by atoms with Crippen LogP contribution in [0.25, 0.3) is 0 Å². The third-order valence-electron chi connectivity index (χ3n) is 1.46. The van der Waals surface area contributed by atoms with Crippen molar-refractivity contribution in [3.63, 3.8) is 0 Å². The van der Waals surface area contributed by atoms with Gasteiger partial charge in [-0.3, -0.25) is 4.79 Å². The van der Waals surface area contributed by atoms with E-state index in [1.54, 1.807) is 0 Å². The number of aldehydes is 1. The lowest BCUT2D eigenvalue weighted by Gasteiger charge is -2.07. The van der Waals surface area contributed by atoms with Crippen LogP contribution in [0.4, 0.5) is 8.78 Å². The van der Waals surface area contributed by atoms with Gasteiger partial charge in [-0.2, -0.15) is 0 Å². The molecule has 0 fully saturated rings. The minimum atomic E-state index is -2.56. The van der Waals surface area contributed by atoms with Crippen LogP contribution in [0, 0.1) is 0 Å². The molecule has 0 aliphatic rings. The van der Waals surface area contributed by atoms with Crippen molar-refractivity contribution in [2.75, 3.05) is 6.61 Å². The van der Waals surface area contributed by atoms with Crippen molar-refractivity contribution in [1.29, 1.82) is 0 Å². The van der Waals surface area contributed by atoms with E-state index >= 15 is 0 Å². The highest BCUT2D eigenvalue weighted by atomic mass is 35.5. The van der Waals surface area contributed by atoms with Gasteiger partial charge in [-0.05, 0) is 18.2 Å². The lowest BCUT2D eigenvalue weighted by molar-refractivity contribution is 0.0809. The first-order chi connectivity index (χ1) is 6.63. The molecule has 0 heterocycles. The molecule has 0 unspecified atom stereocenters. The maximum absolute atomic E-state index is 11.8. The standard InChI is InChI=1S/C9H7ClF2O2/c10-7-1-2-8(6(3-7)4-13)14-5-9(11)12/h1-4,9H,5H2. The molecule has 2 nitrogen and oxygen atoms in total. The van der Waals surface area contributed by atoms with E-state index in [-0.39, 0.29) is 11.3 Å². The summed E-state index contributed by atoms with van der Waals surface area (Å²) in [6.07, 6.45) is -2.06. The van der Waals surface area contributed by atoms with Gasteiger partial charge in [0, 0.05) is 5.02 Å². The van der Waals surface area contributed by atoms with Crippen LogP contribution in [0.1, 0.15) is 10.4 Å². The Morgan fingerprint density at radius 2 is 2.21 bits per heavy atom. The zero-order valence-corrected chi connectivity index (χ0v) is 7.80. The van der Waals surface area contributed by atoms with Crippen LogP contribution in [0.5, 0.6) is 5.75 Å².